The average molecular weight is 286 g/mol. The molecule has 0 aromatic rings. The largest absolute Gasteiger partial charge is 0.228 e. The van der Waals surface area contributed by atoms with Crippen LogP contribution in [0.1, 0.15) is 6.42 Å². The number of rotatable bonds is 0. The Morgan fingerprint density at radius 2 is 1.71 bits per heavy atom. The van der Waals surface area contributed by atoms with E-state index in [9.17, 15) is 8.42 Å². The molecule has 0 unspecified atom stereocenters. The Morgan fingerprint density at radius 1 is 0.941 bits per heavy atom. The van der Waals surface area contributed by atoms with Crippen molar-refractivity contribution in [2.45, 2.75) is 21.0 Å². The van der Waals surface area contributed by atoms with Gasteiger partial charge in [-0.2, -0.15) is 0 Å². The Labute approximate surface area is 110 Å². The van der Waals surface area contributed by atoms with Gasteiger partial charge in [-0.3, -0.25) is 0 Å². The van der Waals surface area contributed by atoms with Gasteiger partial charge in [-0.05, 0) is 30.1 Å². The van der Waals surface area contributed by atoms with Crippen molar-refractivity contribution in [1.82, 2.24) is 0 Å². The maximum atomic E-state index is 12.6. The summed E-state index contributed by atoms with van der Waals surface area (Å²) in [6.07, 6.45) is 1.26. The number of thioether (sulfide) groups is 2. The lowest BCUT2D eigenvalue weighted by Crippen LogP contribution is -2.57. The first-order chi connectivity index (χ1) is 8.18. The number of sulfone groups is 1. The van der Waals surface area contributed by atoms with E-state index < -0.39 is 9.84 Å². The van der Waals surface area contributed by atoms with Gasteiger partial charge in [0.2, 0.25) is 0 Å². The minimum absolute atomic E-state index is 0.0931. The van der Waals surface area contributed by atoms with Crippen LogP contribution >= 0.6 is 23.5 Å². The zero-order valence-corrected chi connectivity index (χ0v) is 11.7. The average Bonchev–Trinajstić information content (AvgIpc) is 2.86. The fourth-order valence-corrected chi connectivity index (χ4v) is 15.0. The molecule has 6 fully saturated rings. The molecule has 0 N–H and O–H groups in total. The summed E-state index contributed by atoms with van der Waals surface area (Å²) < 4.78 is 25.6. The summed E-state index contributed by atoms with van der Waals surface area (Å²) in [6.45, 7) is 0. The van der Waals surface area contributed by atoms with Gasteiger partial charge in [-0.1, -0.05) is 0 Å². The van der Waals surface area contributed by atoms with Crippen LogP contribution in [-0.2, 0) is 9.84 Å². The molecule has 0 aromatic carbocycles. The van der Waals surface area contributed by atoms with Crippen molar-refractivity contribution < 1.29 is 8.42 Å². The Balaban J connectivity index is 1.69. The maximum Gasteiger partial charge on any atom is 0.157 e. The first-order valence-electron chi connectivity index (χ1n) is 6.68. The first-order valence-corrected chi connectivity index (χ1v) is 10.3. The van der Waals surface area contributed by atoms with Gasteiger partial charge in [0.25, 0.3) is 0 Å². The molecule has 17 heavy (non-hydrogen) atoms. The molecule has 0 radical (unpaired) electrons. The molecule has 1 spiro atoms. The second kappa shape index (κ2) is 2.35. The van der Waals surface area contributed by atoms with E-state index in [4.69, 9.17) is 0 Å². The SMILES string of the molecule is O=S1(=O)[C@@H]2[C@H]3C[C@H]4[C@@H]5[C@@H]3[C@@H]1[C@H]5C1(SCCS1)[C@@H]42. The van der Waals surface area contributed by atoms with Gasteiger partial charge >= 0.3 is 0 Å². The molecule has 4 saturated carbocycles. The molecule has 2 bridgehead atoms. The van der Waals surface area contributed by atoms with Gasteiger partial charge in [0.15, 0.2) is 9.84 Å². The maximum absolute atomic E-state index is 12.6. The van der Waals surface area contributed by atoms with Gasteiger partial charge < -0.3 is 0 Å². The predicted octanol–water partition coefficient (Wildman–Crippen LogP) is 1.47. The summed E-state index contributed by atoms with van der Waals surface area (Å²) in [5, 5.41) is 0.194. The van der Waals surface area contributed by atoms with Crippen molar-refractivity contribution in [2.75, 3.05) is 11.5 Å². The van der Waals surface area contributed by atoms with Gasteiger partial charge in [-0.15, -0.1) is 23.5 Å². The summed E-state index contributed by atoms with van der Waals surface area (Å²) in [5.41, 5.74) is 0. The standard InChI is InChI=1S/C12H14O2S3/c13-17(14)10-5-3-4-6-7(5)11(17)9(6)12(8(4)10)15-1-2-16-12/h4-11H,1-3H2/t4-,5-,6+,7+,8-,9-,10+,11+/m0/s1. The molecule has 0 aromatic heterocycles. The Hall–Kier alpha value is 0.650. The van der Waals surface area contributed by atoms with Crippen molar-refractivity contribution in [3.05, 3.63) is 0 Å². The third-order valence-electron chi connectivity index (χ3n) is 6.79. The molecular weight excluding hydrogens is 272 g/mol. The fourth-order valence-electron chi connectivity index (χ4n) is 6.86. The van der Waals surface area contributed by atoms with Crippen molar-refractivity contribution in [3.63, 3.8) is 0 Å². The molecule has 5 heteroatoms. The van der Waals surface area contributed by atoms with Crippen molar-refractivity contribution in [3.8, 4) is 0 Å². The first kappa shape index (κ1) is 9.54. The minimum Gasteiger partial charge on any atom is -0.228 e. The summed E-state index contributed by atoms with van der Waals surface area (Å²) in [7, 11) is -2.73. The molecule has 4 aliphatic carbocycles. The lowest BCUT2D eigenvalue weighted by molar-refractivity contribution is 0.102. The Kier molecular flexibility index (Phi) is 1.32. The zero-order chi connectivity index (χ0) is 11.2. The van der Waals surface area contributed by atoms with Gasteiger partial charge in [0, 0.05) is 23.3 Å². The second-order valence-corrected chi connectivity index (χ2v) is 12.0. The van der Waals surface area contributed by atoms with Crippen molar-refractivity contribution >= 4 is 33.4 Å². The van der Waals surface area contributed by atoms with Crippen LogP contribution in [0.15, 0.2) is 0 Å². The van der Waals surface area contributed by atoms with E-state index in [1.54, 1.807) is 0 Å². The Bertz CT molecular complexity index is 550. The van der Waals surface area contributed by atoms with Crippen LogP contribution in [-0.4, -0.2) is 34.5 Å². The molecule has 6 aliphatic rings. The van der Waals surface area contributed by atoms with Crippen molar-refractivity contribution in [1.29, 1.82) is 0 Å². The zero-order valence-electron chi connectivity index (χ0n) is 9.28. The molecule has 2 saturated heterocycles. The molecule has 8 atom stereocenters. The predicted molar refractivity (Wildman–Crippen MR) is 69.7 cm³/mol. The monoisotopic (exact) mass is 286 g/mol. The van der Waals surface area contributed by atoms with E-state index in [0.717, 1.165) is 11.8 Å². The number of fused-ring (bicyclic) bond motifs is 4. The van der Waals surface area contributed by atoms with Gasteiger partial charge in [0.05, 0.1) is 14.6 Å². The van der Waals surface area contributed by atoms with Crippen LogP contribution in [0.2, 0.25) is 0 Å². The van der Waals surface area contributed by atoms with E-state index >= 15 is 0 Å². The van der Waals surface area contributed by atoms with E-state index in [1.165, 1.54) is 17.9 Å². The molecule has 2 aliphatic heterocycles. The third-order valence-corrected chi connectivity index (χ3v) is 13.3. The van der Waals surface area contributed by atoms with Crippen LogP contribution in [0.25, 0.3) is 0 Å². The number of hydrogen-bond acceptors (Lipinski definition) is 4. The van der Waals surface area contributed by atoms with Crippen LogP contribution in [0.4, 0.5) is 0 Å². The van der Waals surface area contributed by atoms with Crippen LogP contribution < -0.4 is 0 Å². The third kappa shape index (κ3) is 0.659. The molecule has 6 rings (SSSR count). The van der Waals surface area contributed by atoms with E-state index in [2.05, 4.69) is 23.5 Å². The molecule has 92 valence electrons. The normalized spacial score (nSPS) is 69.4. The highest BCUT2D eigenvalue weighted by Crippen LogP contribution is 2.87. The van der Waals surface area contributed by atoms with Crippen LogP contribution in [0, 0.1) is 35.5 Å². The lowest BCUT2D eigenvalue weighted by Gasteiger charge is -2.50. The lowest BCUT2D eigenvalue weighted by atomic mass is 9.64. The highest BCUT2D eigenvalue weighted by atomic mass is 32.2. The van der Waals surface area contributed by atoms with E-state index in [-0.39, 0.29) is 10.5 Å². The fraction of sp³-hybridized carbons (Fsp3) is 1.00. The topological polar surface area (TPSA) is 34.1 Å². The summed E-state index contributed by atoms with van der Waals surface area (Å²) in [6, 6.07) is 0. The minimum atomic E-state index is -2.73. The quantitative estimate of drug-likeness (QED) is 0.675. The van der Waals surface area contributed by atoms with Gasteiger partial charge in [-0.25, -0.2) is 8.42 Å². The van der Waals surface area contributed by atoms with Crippen LogP contribution in [0.5, 0.6) is 0 Å². The molecular formula is C12H14O2S3. The highest BCUT2D eigenvalue weighted by molar-refractivity contribution is 8.21. The molecule has 0 amide bonds. The number of hydrogen-bond donors (Lipinski definition) is 0. The summed E-state index contributed by atoms with van der Waals surface area (Å²) in [4.78, 5) is 0. The van der Waals surface area contributed by atoms with E-state index in [1.807, 2.05) is 0 Å². The van der Waals surface area contributed by atoms with Crippen molar-refractivity contribution in [2.24, 2.45) is 35.5 Å². The summed E-state index contributed by atoms with van der Waals surface area (Å²) in [5.74, 6) is 6.42. The molecule has 2 nitrogen and oxygen atoms in total. The molecule has 2 heterocycles. The van der Waals surface area contributed by atoms with Gasteiger partial charge in [0.1, 0.15) is 0 Å². The van der Waals surface area contributed by atoms with E-state index in [0.29, 0.717) is 27.8 Å². The highest BCUT2D eigenvalue weighted by Gasteiger charge is 2.90. The summed E-state index contributed by atoms with van der Waals surface area (Å²) >= 11 is 4.28. The van der Waals surface area contributed by atoms with Crippen LogP contribution in [0.3, 0.4) is 0 Å². The Morgan fingerprint density at radius 3 is 2.47 bits per heavy atom. The second-order valence-electron chi connectivity index (χ2n) is 6.71. The smallest absolute Gasteiger partial charge is 0.157 e.